The Morgan fingerprint density at radius 2 is 1.22 bits per heavy atom. The average Bonchev–Trinajstić information content (AvgIpc) is 3.70. The summed E-state index contributed by atoms with van der Waals surface area (Å²) in [5.41, 5.74) is 10.7. The van der Waals surface area contributed by atoms with Crippen LogP contribution in [0.1, 0.15) is 31.8 Å². The van der Waals surface area contributed by atoms with Gasteiger partial charge in [-0.15, -0.1) is 0 Å². The maximum absolute atomic E-state index is 12.9. The topological polar surface area (TPSA) is 157 Å². The molecule has 0 fully saturated rings. The first-order valence-electron chi connectivity index (χ1n) is 13.8. The highest BCUT2D eigenvalue weighted by Crippen LogP contribution is 2.19. The van der Waals surface area contributed by atoms with Crippen molar-refractivity contribution in [2.45, 2.75) is 12.8 Å². The van der Waals surface area contributed by atoms with Crippen LogP contribution < -0.4 is 37.6 Å². The first kappa shape index (κ1) is 27.5. The number of anilines is 3. The van der Waals surface area contributed by atoms with E-state index >= 15 is 0 Å². The zero-order chi connectivity index (χ0) is 28.4. The van der Waals surface area contributed by atoms with E-state index in [1.165, 1.54) is 6.07 Å². The van der Waals surface area contributed by atoms with Gasteiger partial charge in [0.2, 0.25) is 0 Å². The fourth-order valence-electron chi connectivity index (χ4n) is 4.51. The Bertz CT molecular complexity index is 1430. The second-order valence-corrected chi connectivity index (χ2v) is 9.77. The predicted molar refractivity (Wildman–Crippen MR) is 164 cm³/mol. The van der Waals surface area contributed by atoms with Crippen molar-refractivity contribution >= 4 is 40.8 Å². The van der Waals surface area contributed by atoms with Gasteiger partial charge in [0.15, 0.2) is 11.9 Å². The number of nitrogens with two attached hydrogens (primary N) is 1. The zero-order valence-corrected chi connectivity index (χ0v) is 22.8. The molecule has 0 aromatic heterocycles. The Morgan fingerprint density at radius 3 is 1.68 bits per heavy atom. The van der Waals surface area contributed by atoms with Crippen LogP contribution in [0.25, 0.3) is 0 Å². The van der Waals surface area contributed by atoms with E-state index in [2.05, 4.69) is 41.9 Å². The molecule has 3 aromatic rings. The molecule has 0 atom stereocenters. The van der Waals surface area contributed by atoms with Gasteiger partial charge in [0.25, 0.3) is 11.8 Å². The number of benzene rings is 3. The van der Waals surface area contributed by atoms with Crippen LogP contribution in [0.2, 0.25) is 0 Å². The maximum atomic E-state index is 12.9. The van der Waals surface area contributed by atoms with E-state index in [0.29, 0.717) is 22.5 Å². The molecule has 0 aliphatic carbocycles. The second-order valence-electron chi connectivity index (χ2n) is 9.77. The lowest BCUT2D eigenvalue weighted by molar-refractivity contribution is 0.101. The summed E-state index contributed by atoms with van der Waals surface area (Å²) in [4.78, 5) is 34.3. The van der Waals surface area contributed by atoms with E-state index in [9.17, 15) is 9.59 Å². The standard InChI is InChI=1S/C30H35N9O2/c31-26-19-22(27(40)38-23-6-1-20(2-7-23)11-13-32-29-34-15-16-35-29)5-10-25(26)28(41)39-24-8-3-21(4-9-24)12-14-33-30-36-17-18-37-30/h1-10,19H,11-18,31H2,(H,38,40)(H,39,41)(H2,32,34,35)(H2,33,36,37). The Balaban J connectivity index is 1.09. The van der Waals surface area contributed by atoms with Crippen molar-refractivity contribution in [3.05, 3.63) is 89.0 Å². The Morgan fingerprint density at radius 1 is 0.707 bits per heavy atom. The highest BCUT2D eigenvalue weighted by molar-refractivity contribution is 6.10. The molecule has 2 amide bonds. The third kappa shape index (κ3) is 7.75. The van der Waals surface area contributed by atoms with E-state index in [1.54, 1.807) is 12.1 Å². The van der Waals surface area contributed by atoms with Gasteiger partial charge in [-0.05, 0) is 66.4 Å². The predicted octanol–water partition coefficient (Wildman–Crippen LogP) is 1.96. The van der Waals surface area contributed by atoms with Gasteiger partial charge in [0.05, 0.1) is 18.7 Å². The normalized spacial score (nSPS) is 13.9. The lowest BCUT2D eigenvalue weighted by Crippen LogP contribution is -2.34. The monoisotopic (exact) mass is 553 g/mol. The number of guanidine groups is 2. The number of nitrogens with zero attached hydrogens (tertiary/aromatic N) is 2. The average molecular weight is 554 g/mol. The van der Waals surface area contributed by atoms with Crippen LogP contribution in [-0.4, -0.2) is 63.0 Å². The van der Waals surface area contributed by atoms with E-state index in [-0.39, 0.29) is 17.5 Å². The zero-order valence-electron chi connectivity index (χ0n) is 22.8. The third-order valence-corrected chi connectivity index (χ3v) is 6.74. The summed E-state index contributed by atoms with van der Waals surface area (Å²) in [5.74, 6) is 1.05. The number of carbonyl (C=O) groups is 2. The van der Waals surface area contributed by atoms with Crippen LogP contribution in [-0.2, 0) is 12.8 Å². The summed E-state index contributed by atoms with van der Waals surface area (Å²) in [6.45, 7) is 4.91. The van der Waals surface area contributed by atoms with Gasteiger partial charge in [0, 0.05) is 48.8 Å². The van der Waals surface area contributed by atoms with E-state index in [0.717, 1.165) is 75.2 Å². The van der Waals surface area contributed by atoms with Gasteiger partial charge in [-0.25, -0.2) is 0 Å². The van der Waals surface area contributed by atoms with Gasteiger partial charge < -0.3 is 37.6 Å². The molecule has 11 nitrogen and oxygen atoms in total. The van der Waals surface area contributed by atoms with Gasteiger partial charge in [-0.2, -0.15) is 0 Å². The highest BCUT2D eigenvalue weighted by Gasteiger charge is 2.14. The minimum atomic E-state index is -0.338. The van der Waals surface area contributed by atoms with Gasteiger partial charge in [-0.3, -0.25) is 19.6 Å². The number of hydrogen-bond donors (Lipinski definition) is 7. The van der Waals surface area contributed by atoms with Crippen molar-refractivity contribution in [2.24, 2.45) is 9.98 Å². The summed E-state index contributed by atoms with van der Waals surface area (Å²) in [7, 11) is 0. The Labute approximate surface area is 239 Å². The lowest BCUT2D eigenvalue weighted by atomic mass is 10.1. The summed E-state index contributed by atoms with van der Waals surface area (Å²) < 4.78 is 0. The molecule has 5 rings (SSSR count). The SMILES string of the molecule is Nc1cc(C(=O)Nc2ccc(CCNC3=NCCN3)cc2)ccc1C(=O)Nc1ccc(CCNC2=NCCN2)cc1. The number of amides is 2. The Kier molecular flexibility index (Phi) is 8.95. The van der Waals surface area contributed by atoms with Crippen molar-refractivity contribution in [1.29, 1.82) is 0 Å². The Hall–Kier alpha value is -5.06. The molecule has 3 aromatic carbocycles. The summed E-state index contributed by atoms with van der Waals surface area (Å²) in [5, 5.41) is 18.7. The van der Waals surface area contributed by atoms with Crippen molar-refractivity contribution in [3.63, 3.8) is 0 Å². The lowest BCUT2D eigenvalue weighted by Gasteiger charge is -2.11. The minimum Gasteiger partial charge on any atom is -0.398 e. The smallest absolute Gasteiger partial charge is 0.257 e. The summed E-state index contributed by atoms with van der Waals surface area (Å²) in [6.07, 6.45) is 1.67. The van der Waals surface area contributed by atoms with E-state index < -0.39 is 0 Å². The molecule has 2 aliphatic rings. The van der Waals surface area contributed by atoms with Crippen LogP contribution in [0.3, 0.4) is 0 Å². The van der Waals surface area contributed by atoms with Crippen molar-refractivity contribution in [3.8, 4) is 0 Å². The van der Waals surface area contributed by atoms with Gasteiger partial charge in [0.1, 0.15) is 0 Å². The van der Waals surface area contributed by atoms with Crippen LogP contribution in [0, 0.1) is 0 Å². The molecule has 212 valence electrons. The number of aliphatic imine (C=N–C) groups is 2. The fourth-order valence-corrected chi connectivity index (χ4v) is 4.51. The number of hydrogen-bond acceptors (Lipinski definition) is 9. The van der Waals surface area contributed by atoms with Crippen LogP contribution >= 0.6 is 0 Å². The van der Waals surface area contributed by atoms with Gasteiger partial charge in [-0.1, -0.05) is 24.3 Å². The molecule has 0 bridgehead atoms. The number of carbonyl (C=O) groups excluding carboxylic acids is 2. The molecule has 8 N–H and O–H groups in total. The van der Waals surface area contributed by atoms with Crippen molar-refractivity contribution in [1.82, 2.24) is 21.3 Å². The molecule has 0 unspecified atom stereocenters. The quantitative estimate of drug-likeness (QED) is 0.189. The van der Waals surface area contributed by atoms with Crippen LogP contribution in [0.15, 0.2) is 76.7 Å². The maximum Gasteiger partial charge on any atom is 0.257 e. The molecule has 0 spiro atoms. The largest absolute Gasteiger partial charge is 0.398 e. The summed E-state index contributed by atoms with van der Waals surface area (Å²) in [6, 6.07) is 20.1. The first-order valence-corrected chi connectivity index (χ1v) is 13.8. The van der Waals surface area contributed by atoms with Gasteiger partial charge >= 0.3 is 0 Å². The molecule has 2 heterocycles. The van der Waals surface area contributed by atoms with E-state index in [4.69, 9.17) is 5.73 Å². The number of nitrogens with one attached hydrogen (secondary N) is 6. The van der Waals surface area contributed by atoms with Crippen molar-refractivity contribution < 1.29 is 9.59 Å². The molecular formula is C30H35N9O2. The fraction of sp³-hybridized carbons (Fsp3) is 0.267. The number of rotatable bonds is 10. The summed E-state index contributed by atoms with van der Waals surface area (Å²) >= 11 is 0. The van der Waals surface area contributed by atoms with Crippen LogP contribution in [0.5, 0.6) is 0 Å². The van der Waals surface area contributed by atoms with Crippen LogP contribution in [0.4, 0.5) is 17.1 Å². The molecule has 0 radical (unpaired) electrons. The van der Waals surface area contributed by atoms with Crippen molar-refractivity contribution in [2.75, 3.05) is 55.6 Å². The first-order chi connectivity index (χ1) is 20.0. The molecule has 11 heteroatoms. The second kappa shape index (κ2) is 13.3. The molecule has 41 heavy (non-hydrogen) atoms. The highest BCUT2D eigenvalue weighted by atomic mass is 16.2. The molecule has 0 saturated carbocycles. The molecule has 0 saturated heterocycles. The molecule has 2 aliphatic heterocycles. The van der Waals surface area contributed by atoms with E-state index in [1.807, 2.05) is 48.5 Å². The number of nitrogen functional groups attached to an aromatic ring is 1. The molecular weight excluding hydrogens is 518 g/mol. The third-order valence-electron chi connectivity index (χ3n) is 6.74. The minimum absolute atomic E-state index is 0.227.